The minimum absolute atomic E-state index is 0.0877. The Morgan fingerprint density at radius 1 is 1.14 bits per heavy atom. The summed E-state index contributed by atoms with van der Waals surface area (Å²) in [6.45, 7) is 1.95. The number of hydrogen-bond donors (Lipinski definition) is 2. The Hall–Kier alpha value is -2.49. The highest BCUT2D eigenvalue weighted by molar-refractivity contribution is 5.94. The first kappa shape index (κ1) is 14.9. The molecule has 2 aromatic rings. The van der Waals surface area contributed by atoms with Gasteiger partial charge < -0.3 is 16.0 Å². The average molecular weight is 283 g/mol. The summed E-state index contributed by atoms with van der Waals surface area (Å²) in [4.78, 5) is 14.2. The first-order valence-electron chi connectivity index (χ1n) is 6.91. The molecule has 0 radical (unpaired) electrons. The number of nitrogens with one attached hydrogen (secondary N) is 1. The highest BCUT2D eigenvalue weighted by atomic mass is 16.1. The molecule has 1 amide bonds. The van der Waals surface area contributed by atoms with Crippen molar-refractivity contribution in [2.75, 3.05) is 24.7 Å². The topological polar surface area (TPSA) is 58.4 Å². The number of nitrogens with two attached hydrogens (primary N) is 1. The molecule has 0 aliphatic rings. The van der Waals surface area contributed by atoms with Gasteiger partial charge in [0.05, 0.1) is 6.04 Å². The molecular formula is C17H21N3O. The van der Waals surface area contributed by atoms with Gasteiger partial charge in [0.25, 0.3) is 5.91 Å². The molecule has 0 aromatic heterocycles. The van der Waals surface area contributed by atoms with Crippen molar-refractivity contribution in [3.8, 4) is 0 Å². The maximum atomic E-state index is 12.2. The van der Waals surface area contributed by atoms with Crippen LogP contribution < -0.4 is 16.0 Å². The first-order chi connectivity index (χ1) is 9.97. The molecule has 0 saturated carbocycles. The van der Waals surface area contributed by atoms with Crippen molar-refractivity contribution in [1.29, 1.82) is 0 Å². The van der Waals surface area contributed by atoms with Crippen LogP contribution in [-0.2, 0) is 0 Å². The van der Waals surface area contributed by atoms with E-state index in [1.807, 2.05) is 74.4 Å². The lowest BCUT2D eigenvalue weighted by molar-refractivity contribution is 0.0940. The summed E-state index contributed by atoms with van der Waals surface area (Å²) in [7, 11) is 3.94. The smallest absolute Gasteiger partial charge is 0.251 e. The van der Waals surface area contributed by atoms with E-state index in [1.54, 1.807) is 0 Å². The number of carbonyl (C=O) groups is 1. The molecule has 4 heteroatoms. The predicted octanol–water partition coefficient (Wildman–Crippen LogP) is 2.83. The number of hydrogen-bond acceptors (Lipinski definition) is 3. The molecule has 0 aliphatic carbocycles. The fourth-order valence-corrected chi connectivity index (χ4v) is 2.10. The summed E-state index contributed by atoms with van der Waals surface area (Å²) in [6.07, 6.45) is 0. The Bertz CT molecular complexity index is 620. The van der Waals surface area contributed by atoms with E-state index in [9.17, 15) is 4.79 Å². The summed E-state index contributed by atoms with van der Waals surface area (Å²) < 4.78 is 0. The number of anilines is 2. The molecule has 2 aromatic carbocycles. The molecule has 0 aliphatic heterocycles. The lowest BCUT2D eigenvalue weighted by atomic mass is 10.1. The molecule has 1 unspecified atom stereocenters. The van der Waals surface area contributed by atoms with Gasteiger partial charge in [-0.3, -0.25) is 4.79 Å². The van der Waals surface area contributed by atoms with E-state index in [0.29, 0.717) is 11.3 Å². The standard InChI is InChI=1S/C17H21N3O/c1-12(14-5-4-6-15(18)11-14)19-17(21)13-7-9-16(10-8-13)20(2)3/h4-12H,18H2,1-3H3,(H,19,21). The van der Waals surface area contributed by atoms with E-state index in [4.69, 9.17) is 5.73 Å². The molecule has 0 bridgehead atoms. The summed E-state index contributed by atoms with van der Waals surface area (Å²) in [5.74, 6) is -0.0877. The van der Waals surface area contributed by atoms with Gasteiger partial charge in [0.1, 0.15) is 0 Å². The van der Waals surface area contributed by atoms with Gasteiger partial charge in [-0.15, -0.1) is 0 Å². The van der Waals surface area contributed by atoms with E-state index in [-0.39, 0.29) is 11.9 Å². The minimum Gasteiger partial charge on any atom is -0.399 e. The van der Waals surface area contributed by atoms with Crippen LogP contribution in [0.2, 0.25) is 0 Å². The second-order valence-electron chi connectivity index (χ2n) is 5.31. The monoisotopic (exact) mass is 283 g/mol. The maximum Gasteiger partial charge on any atom is 0.251 e. The van der Waals surface area contributed by atoms with Crippen LogP contribution in [0.5, 0.6) is 0 Å². The van der Waals surface area contributed by atoms with Crippen LogP contribution in [0, 0.1) is 0 Å². The molecular weight excluding hydrogens is 262 g/mol. The molecule has 2 rings (SSSR count). The largest absolute Gasteiger partial charge is 0.399 e. The summed E-state index contributed by atoms with van der Waals surface area (Å²) in [6, 6.07) is 15.0. The second kappa shape index (κ2) is 6.31. The van der Waals surface area contributed by atoms with Crippen molar-refractivity contribution >= 4 is 17.3 Å². The fourth-order valence-electron chi connectivity index (χ4n) is 2.10. The zero-order chi connectivity index (χ0) is 15.4. The van der Waals surface area contributed by atoms with Crippen LogP contribution in [0.1, 0.15) is 28.9 Å². The van der Waals surface area contributed by atoms with Crippen LogP contribution in [0.4, 0.5) is 11.4 Å². The van der Waals surface area contributed by atoms with Crippen molar-refractivity contribution in [2.24, 2.45) is 0 Å². The highest BCUT2D eigenvalue weighted by Crippen LogP contribution is 2.17. The van der Waals surface area contributed by atoms with Crippen molar-refractivity contribution < 1.29 is 4.79 Å². The minimum atomic E-state index is -0.0884. The van der Waals surface area contributed by atoms with Gasteiger partial charge in [0, 0.05) is 31.0 Å². The van der Waals surface area contributed by atoms with E-state index in [0.717, 1.165) is 11.3 Å². The first-order valence-corrected chi connectivity index (χ1v) is 6.91. The van der Waals surface area contributed by atoms with Gasteiger partial charge >= 0.3 is 0 Å². The molecule has 4 nitrogen and oxygen atoms in total. The number of rotatable bonds is 4. The van der Waals surface area contributed by atoms with Crippen LogP contribution >= 0.6 is 0 Å². The maximum absolute atomic E-state index is 12.2. The fraction of sp³-hybridized carbons (Fsp3) is 0.235. The van der Waals surface area contributed by atoms with Crippen molar-refractivity contribution in [2.45, 2.75) is 13.0 Å². The van der Waals surface area contributed by atoms with E-state index < -0.39 is 0 Å². The molecule has 3 N–H and O–H groups in total. The molecule has 1 atom stereocenters. The zero-order valence-electron chi connectivity index (χ0n) is 12.6. The Morgan fingerprint density at radius 2 is 1.81 bits per heavy atom. The van der Waals surface area contributed by atoms with Crippen LogP contribution in [0.3, 0.4) is 0 Å². The van der Waals surface area contributed by atoms with Gasteiger partial charge in [-0.05, 0) is 48.9 Å². The van der Waals surface area contributed by atoms with Gasteiger partial charge in [-0.1, -0.05) is 12.1 Å². The predicted molar refractivity (Wildman–Crippen MR) is 87.5 cm³/mol. The summed E-state index contributed by atoms with van der Waals surface area (Å²) in [5, 5.41) is 2.98. The Balaban J connectivity index is 2.07. The Kier molecular flexibility index (Phi) is 4.48. The van der Waals surface area contributed by atoms with Gasteiger partial charge in [-0.2, -0.15) is 0 Å². The third kappa shape index (κ3) is 3.75. The lowest BCUT2D eigenvalue weighted by Gasteiger charge is -2.16. The zero-order valence-corrected chi connectivity index (χ0v) is 12.6. The van der Waals surface area contributed by atoms with Gasteiger partial charge in [0.2, 0.25) is 0 Å². The summed E-state index contributed by atoms with van der Waals surface area (Å²) in [5.41, 5.74) is 9.17. The van der Waals surface area contributed by atoms with Crippen LogP contribution in [-0.4, -0.2) is 20.0 Å². The molecule has 0 spiro atoms. The Morgan fingerprint density at radius 3 is 2.38 bits per heavy atom. The van der Waals surface area contributed by atoms with E-state index in [1.165, 1.54) is 0 Å². The van der Waals surface area contributed by atoms with Gasteiger partial charge in [-0.25, -0.2) is 0 Å². The molecule has 0 saturated heterocycles. The normalized spacial score (nSPS) is 11.8. The third-order valence-electron chi connectivity index (χ3n) is 3.40. The summed E-state index contributed by atoms with van der Waals surface area (Å²) >= 11 is 0. The molecule has 110 valence electrons. The third-order valence-corrected chi connectivity index (χ3v) is 3.40. The van der Waals surface area contributed by atoms with Crippen molar-refractivity contribution in [1.82, 2.24) is 5.32 Å². The lowest BCUT2D eigenvalue weighted by Crippen LogP contribution is -2.26. The average Bonchev–Trinajstić information content (AvgIpc) is 2.47. The number of benzene rings is 2. The number of carbonyl (C=O) groups excluding carboxylic acids is 1. The van der Waals surface area contributed by atoms with Crippen LogP contribution in [0.25, 0.3) is 0 Å². The van der Waals surface area contributed by atoms with Gasteiger partial charge in [0.15, 0.2) is 0 Å². The van der Waals surface area contributed by atoms with Crippen molar-refractivity contribution in [3.05, 3.63) is 59.7 Å². The Labute approximate surface area is 125 Å². The molecule has 0 heterocycles. The number of nitrogen functional groups attached to an aromatic ring is 1. The SMILES string of the molecule is CC(NC(=O)c1ccc(N(C)C)cc1)c1cccc(N)c1. The van der Waals surface area contributed by atoms with E-state index in [2.05, 4.69) is 5.32 Å². The highest BCUT2D eigenvalue weighted by Gasteiger charge is 2.11. The van der Waals surface area contributed by atoms with E-state index >= 15 is 0 Å². The molecule has 21 heavy (non-hydrogen) atoms. The second-order valence-corrected chi connectivity index (χ2v) is 5.31. The quantitative estimate of drug-likeness (QED) is 0.848. The number of amides is 1. The molecule has 0 fully saturated rings. The van der Waals surface area contributed by atoms with Crippen LogP contribution in [0.15, 0.2) is 48.5 Å². The number of nitrogens with zero attached hydrogens (tertiary/aromatic N) is 1. The van der Waals surface area contributed by atoms with Crippen molar-refractivity contribution in [3.63, 3.8) is 0 Å².